The van der Waals surface area contributed by atoms with E-state index in [-0.39, 0.29) is 11.5 Å². The first-order valence-electron chi connectivity index (χ1n) is 8.36. The molecular weight excluding hydrogens is 334 g/mol. The molecule has 0 bridgehead atoms. The Morgan fingerprint density at radius 2 is 1.96 bits per heavy atom. The maximum atomic E-state index is 12.4. The molecule has 136 valence electrons. The van der Waals surface area contributed by atoms with Crippen molar-refractivity contribution >= 4 is 22.8 Å². The van der Waals surface area contributed by atoms with E-state index in [9.17, 15) is 14.4 Å². The first-order valence-corrected chi connectivity index (χ1v) is 8.36. The van der Waals surface area contributed by atoms with Gasteiger partial charge in [0.1, 0.15) is 0 Å². The molecule has 0 saturated carbocycles. The molecule has 0 unspecified atom stereocenters. The number of fused-ring (bicyclic) bond motifs is 1. The van der Waals surface area contributed by atoms with Crippen molar-refractivity contribution in [2.75, 3.05) is 5.32 Å². The Bertz CT molecular complexity index is 1090. The van der Waals surface area contributed by atoms with E-state index in [2.05, 4.69) is 10.3 Å². The SMILES string of the molecule is Cc1cccc(NC(=O)CCCn2cnc3c2c(=O)n(C)c(=O)n3C)c1. The molecule has 0 saturated heterocycles. The van der Waals surface area contributed by atoms with Gasteiger partial charge < -0.3 is 9.88 Å². The number of nitrogens with zero attached hydrogens (tertiary/aromatic N) is 4. The normalized spacial score (nSPS) is 11.0. The predicted octanol–water partition coefficient (Wildman–Crippen LogP) is 1.16. The van der Waals surface area contributed by atoms with Gasteiger partial charge in [-0.2, -0.15) is 0 Å². The molecule has 8 nitrogen and oxygen atoms in total. The van der Waals surface area contributed by atoms with E-state index in [1.807, 2.05) is 31.2 Å². The van der Waals surface area contributed by atoms with E-state index >= 15 is 0 Å². The summed E-state index contributed by atoms with van der Waals surface area (Å²) >= 11 is 0. The third kappa shape index (κ3) is 3.30. The van der Waals surface area contributed by atoms with Crippen molar-refractivity contribution in [1.82, 2.24) is 18.7 Å². The maximum Gasteiger partial charge on any atom is 0.332 e. The van der Waals surface area contributed by atoms with Crippen LogP contribution < -0.4 is 16.6 Å². The van der Waals surface area contributed by atoms with E-state index in [1.54, 1.807) is 11.6 Å². The highest BCUT2D eigenvalue weighted by Crippen LogP contribution is 2.11. The van der Waals surface area contributed by atoms with Gasteiger partial charge in [-0.05, 0) is 31.0 Å². The summed E-state index contributed by atoms with van der Waals surface area (Å²) in [4.78, 5) is 40.6. The van der Waals surface area contributed by atoms with E-state index in [0.717, 1.165) is 15.8 Å². The second-order valence-electron chi connectivity index (χ2n) is 6.34. The van der Waals surface area contributed by atoms with Gasteiger partial charge in [0.2, 0.25) is 5.91 Å². The van der Waals surface area contributed by atoms with Crippen LogP contribution in [0.25, 0.3) is 11.2 Å². The first kappa shape index (κ1) is 17.7. The molecule has 0 spiro atoms. The van der Waals surface area contributed by atoms with Crippen LogP contribution in [0.5, 0.6) is 0 Å². The highest BCUT2D eigenvalue weighted by Gasteiger charge is 2.14. The molecule has 0 radical (unpaired) electrons. The quantitative estimate of drug-likeness (QED) is 0.743. The molecule has 26 heavy (non-hydrogen) atoms. The van der Waals surface area contributed by atoms with E-state index in [1.165, 1.54) is 17.9 Å². The van der Waals surface area contributed by atoms with Crippen LogP contribution in [-0.4, -0.2) is 24.6 Å². The molecule has 3 aromatic rings. The fraction of sp³-hybridized carbons (Fsp3) is 0.333. The van der Waals surface area contributed by atoms with Crippen molar-refractivity contribution in [2.24, 2.45) is 14.1 Å². The fourth-order valence-corrected chi connectivity index (χ4v) is 2.92. The molecule has 0 aliphatic rings. The van der Waals surface area contributed by atoms with Gasteiger partial charge in [-0.15, -0.1) is 0 Å². The van der Waals surface area contributed by atoms with Crippen molar-refractivity contribution in [3.05, 3.63) is 57.0 Å². The number of carbonyl (C=O) groups excluding carboxylic acids is 1. The lowest BCUT2D eigenvalue weighted by atomic mass is 10.2. The number of nitrogens with one attached hydrogen (secondary N) is 1. The minimum atomic E-state index is -0.412. The lowest BCUT2D eigenvalue weighted by Gasteiger charge is -2.08. The number of amides is 1. The van der Waals surface area contributed by atoms with Crippen molar-refractivity contribution in [3.63, 3.8) is 0 Å². The average Bonchev–Trinajstić information content (AvgIpc) is 3.02. The largest absolute Gasteiger partial charge is 0.332 e. The molecule has 0 aliphatic carbocycles. The lowest BCUT2D eigenvalue weighted by molar-refractivity contribution is -0.116. The lowest BCUT2D eigenvalue weighted by Crippen LogP contribution is -2.37. The number of carbonyl (C=O) groups is 1. The standard InChI is InChI=1S/C18H21N5O3/c1-12-6-4-7-13(10-12)20-14(24)8-5-9-23-11-19-16-15(23)17(25)22(3)18(26)21(16)2/h4,6-7,10-11H,5,8-9H2,1-3H3,(H,20,24). The summed E-state index contributed by atoms with van der Waals surface area (Å²) in [6, 6.07) is 7.61. The zero-order valence-electron chi connectivity index (χ0n) is 15.0. The van der Waals surface area contributed by atoms with Gasteiger partial charge >= 0.3 is 5.69 Å². The molecular formula is C18H21N5O3. The second-order valence-corrected chi connectivity index (χ2v) is 6.34. The molecule has 0 fully saturated rings. The number of aromatic nitrogens is 4. The van der Waals surface area contributed by atoms with Gasteiger partial charge in [0.15, 0.2) is 11.2 Å². The highest BCUT2D eigenvalue weighted by molar-refractivity contribution is 5.90. The molecule has 8 heteroatoms. The summed E-state index contributed by atoms with van der Waals surface area (Å²) in [5.74, 6) is -0.0830. The van der Waals surface area contributed by atoms with Gasteiger partial charge in [0.25, 0.3) is 5.56 Å². The number of rotatable bonds is 5. The summed E-state index contributed by atoms with van der Waals surface area (Å²) in [6.07, 6.45) is 2.40. The van der Waals surface area contributed by atoms with Crippen LogP contribution in [-0.2, 0) is 25.4 Å². The number of anilines is 1. The molecule has 1 N–H and O–H groups in total. The number of hydrogen-bond donors (Lipinski definition) is 1. The van der Waals surface area contributed by atoms with Gasteiger partial charge in [0, 0.05) is 32.7 Å². The van der Waals surface area contributed by atoms with Gasteiger partial charge in [-0.25, -0.2) is 9.78 Å². The van der Waals surface area contributed by atoms with E-state index in [0.29, 0.717) is 30.6 Å². The molecule has 2 heterocycles. The summed E-state index contributed by atoms with van der Waals surface area (Å²) in [5, 5.41) is 2.86. The Morgan fingerprint density at radius 3 is 2.69 bits per heavy atom. The van der Waals surface area contributed by atoms with Crippen LogP contribution in [0.4, 0.5) is 5.69 Å². The Kier molecular flexibility index (Phi) is 4.75. The van der Waals surface area contributed by atoms with Crippen molar-refractivity contribution in [2.45, 2.75) is 26.3 Å². The minimum Gasteiger partial charge on any atom is -0.326 e. The predicted molar refractivity (Wildman–Crippen MR) is 99.3 cm³/mol. The smallest absolute Gasteiger partial charge is 0.326 e. The molecule has 0 atom stereocenters. The van der Waals surface area contributed by atoms with Crippen LogP contribution in [0, 0.1) is 6.92 Å². The summed E-state index contributed by atoms with van der Waals surface area (Å²) in [5.41, 5.74) is 1.77. The monoisotopic (exact) mass is 355 g/mol. The summed E-state index contributed by atoms with van der Waals surface area (Å²) < 4.78 is 4.10. The highest BCUT2D eigenvalue weighted by atomic mass is 16.2. The van der Waals surface area contributed by atoms with Crippen LogP contribution >= 0.6 is 0 Å². The average molecular weight is 355 g/mol. The van der Waals surface area contributed by atoms with Gasteiger partial charge in [0.05, 0.1) is 6.33 Å². The van der Waals surface area contributed by atoms with Crippen LogP contribution in [0.1, 0.15) is 18.4 Å². The van der Waals surface area contributed by atoms with Crippen LogP contribution in [0.2, 0.25) is 0 Å². The zero-order valence-corrected chi connectivity index (χ0v) is 15.0. The van der Waals surface area contributed by atoms with E-state index < -0.39 is 5.69 Å². The number of imidazole rings is 1. The van der Waals surface area contributed by atoms with Crippen molar-refractivity contribution in [1.29, 1.82) is 0 Å². The van der Waals surface area contributed by atoms with Crippen molar-refractivity contribution in [3.8, 4) is 0 Å². The Hall–Kier alpha value is -3.16. The number of hydrogen-bond acceptors (Lipinski definition) is 4. The number of benzene rings is 1. The minimum absolute atomic E-state index is 0.0830. The third-order valence-corrected chi connectivity index (χ3v) is 4.32. The van der Waals surface area contributed by atoms with Gasteiger partial charge in [-0.3, -0.25) is 18.7 Å². The summed E-state index contributed by atoms with van der Waals surface area (Å²) in [7, 11) is 3.02. The Labute approximate surface area is 149 Å². The van der Waals surface area contributed by atoms with Crippen LogP contribution in [0.15, 0.2) is 40.2 Å². The van der Waals surface area contributed by atoms with Gasteiger partial charge in [-0.1, -0.05) is 12.1 Å². The molecule has 1 amide bonds. The topological polar surface area (TPSA) is 90.9 Å². The Morgan fingerprint density at radius 1 is 1.19 bits per heavy atom. The summed E-state index contributed by atoms with van der Waals surface area (Å²) in [6.45, 7) is 2.43. The maximum absolute atomic E-state index is 12.4. The Balaban J connectivity index is 1.70. The van der Waals surface area contributed by atoms with Crippen molar-refractivity contribution < 1.29 is 4.79 Å². The first-order chi connectivity index (χ1) is 12.4. The number of aryl methyl sites for hydroxylation is 3. The third-order valence-electron chi connectivity index (χ3n) is 4.32. The molecule has 3 rings (SSSR count). The molecule has 0 aliphatic heterocycles. The van der Waals surface area contributed by atoms with Crippen LogP contribution in [0.3, 0.4) is 0 Å². The van der Waals surface area contributed by atoms with E-state index in [4.69, 9.17) is 0 Å². The molecule has 1 aromatic carbocycles. The molecule has 2 aromatic heterocycles. The zero-order chi connectivity index (χ0) is 18.8. The fourth-order valence-electron chi connectivity index (χ4n) is 2.92. The second kappa shape index (κ2) is 6.99.